The summed E-state index contributed by atoms with van der Waals surface area (Å²) in [6.07, 6.45) is 2.57. The topological polar surface area (TPSA) is 38.0 Å². The van der Waals surface area contributed by atoms with Crippen LogP contribution in [0.25, 0.3) is 0 Å². The summed E-state index contributed by atoms with van der Waals surface area (Å²) in [5, 5.41) is 0.142. The zero-order valence-electron chi connectivity index (χ0n) is 12.1. The van der Waals surface area contributed by atoms with Crippen molar-refractivity contribution in [1.29, 1.82) is 0 Å². The zero-order valence-corrected chi connectivity index (χ0v) is 12.8. The van der Waals surface area contributed by atoms with Gasteiger partial charge >= 0.3 is 0 Å². The van der Waals surface area contributed by atoms with Gasteiger partial charge in [-0.3, -0.25) is 11.3 Å². The van der Waals surface area contributed by atoms with Gasteiger partial charge in [0.05, 0.1) is 11.1 Å². The number of nitrogens with two attached hydrogens (primary N) is 1. The number of benzene rings is 2. The van der Waals surface area contributed by atoms with Gasteiger partial charge in [0.1, 0.15) is 5.82 Å². The normalized spacial score (nSPS) is 12.4. The first kappa shape index (κ1) is 16.0. The Morgan fingerprint density at radius 2 is 2.00 bits per heavy atom. The van der Waals surface area contributed by atoms with E-state index in [1.807, 2.05) is 12.1 Å². The van der Waals surface area contributed by atoms with Gasteiger partial charge in [-0.1, -0.05) is 61.3 Å². The van der Waals surface area contributed by atoms with E-state index in [0.29, 0.717) is 12.0 Å². The molecule has 0 saturated heterocycles. The summed E-state index contributed by atoms with van der Waals surface area (Å²) in [7, 11) is 0. The van der Waals surface area contributed by atoms with Crippen LogP contribution in [0.15, 0.2) is 42.5 Å². The molecule has 0 radical (unpaired) electrons. The quantitative estimate of drug-likeness (QED) is 0.620. The predicted octanol–water partition coefficient (Wildman–Crippen LogP) is 4.18. The minimum Gasteiger partial charge on any atom is -0.271 e. The molecule has 0 aliphatic heterocycles. The van der Waals surface area contributed by atoms with E-state index in [-0.39, 0.29) is 16.9 Å². The van der Waals surface area contributed by atoms with Crippen LogP contribution in [0.1, 0.15) is 36.1 Å². The van der Waals surface area contributed by atoms with Gasteiger partial charge in [-0.2, -0.15) is 0 Å². The first-order valence-corrected chi connectivity index (χ1v) is 7.51. The summed E-state index contributed by atoms with van der Waals surface area (Å²) in [5.41, 5.74) is 5.66. The largest absolute Gasteiger partial charge is 0.271 e. The molecule has 21 heavy (non-hydrogen) atoms. The van der Waals surface area contributed by atoms with Gasteiger partial charge in [0.2, 0.25) is 0 Å². The molecule has 0 fully saturated rings. The molecule has 0 spiro atoms. The first-order valence-electron chi connectivity index (χ1n) is 7.13. The van der Waals surface area contributed by atoms with Crippen LogP contribution in [-0.4, -0.2) is 0 Å². The lowest BCUT2D eigenvalue weighted by molar-refractivity contribution is 0.529. The Labute approximate surface area is 130 Å². The highest BCUT2D eigenvalue weighted by Crippen LogP contribution is 2.24. The van der Waals surface area contributed by atoms with Gasteiger partial charge in [0.25, 0.3) is 0 Å². The van der Waals surface area contributed by atoms with Crippen LogP contribution >= 0.6 is 11.6 Å². The monoisotopic (exact) mass is 306 g/mol. The second-order valence-electron chi connectivity index (χ2n) is 5.13. The average Bonchev–Trinajstić information content (AvgIpc) is 2.49. The maximum absolute atomic E-state index is 14.0. The van der Waals surface area contributed by atoms with Crippen molar-refractivity contribution in [2.45, 2.75) is 32.2 Å². The summed E-state index contributed by atoms with van der Waals surface area (Å²) < 4.78 is 14.0. The number of hydrogen-bond acceptors (Lipinski definition) is 2. The van der Waals surface area contributed by atoms with Crippen molar-refractivity contribution in [1.82, 2.24) is 5.43 Å². The van der Waals surface area contributed by atoms with Crippen molar-refractivity contribution in [3.63, 3.8) is 0 Å². The van der Waals surface area contributed by atoms with Crippen LogP contribution < -0.4 is 11.3 Å². The summed E-state index contributed by atoms with van der Waals surface area (Å²) in [4.78, 5) is 0. The molecule has 3 N–H and O–H groups in total. The number of halogens is 2. The van der Waals surface area contributed by atoms with Gasteiger partial charge < -0.3 is 0 Å². The molecule has 0 aliphatic carbocycles. The van der Waals surface area contributed by atoms with Crippen molar-refractivity contribution in [2.75, 3.05) is 0 Å². The van der Waals surface area contributed by atoms with E-state index < -0.39 is 0 Å². The van der Waals surface area contributed by atoms with E-state index in [0.717, 1.165) is 18.4 Å². The lowest BCUT2D eigenvalue weighted by atomic mass is 9.96. The molecule has 2 aromatic rings. The minimum atomic E-state index is -0.371. The Kier molecular flexibility index (Phi) is 5.74. The summed E-state index contributed by atoms with van der Waals surface area (Å²) in [6.45, 7) is 2.15. The lowest BCUT2D eigenvalue weighted by Gasteiger charge is -2.18. The van der Waals surface area contributed by atoms with Crippen LogP contribution in [-0.2, 0) is 12.8 Å². The van der Waals surface area contributed by atoms with Crippen molar-refractivity contribution >= 4 is 11.6 Å². The zero-order chi connectivity index (χ0) is 15.2. The maximum atomic E-state index is 14.0. The summed E-state index contributed by atoms with van der Waals surface area (Å²) in [6, 6.07) is 13.1. The molecule has 0 amide bonds. The fraction of sp³-hybridized carbons (Fsp3) is 0.294. The molecule has 0 saturated carbocycles. The predicted molar refractivity (Wildman–Crippen MR) is 85.6 cm³/mol. The molecule has 2 rings (SSSR count). The number of rotatable bonds is 6. The van der Waals surface area contributed by atoms with E-state index in [9.17, 15) is 4.39 Å². The third-order valence-electron chi connectivity index (χ3n) is 3.55. The van der Waals surface area contributed by atoms with Crippen molar-refractivity contribution in [3.05, 3.63) is 70.0 Å². The third-order valence-corrected chi connectivity index (χ3v) is 3.84. The fourth-order valence-corrected chi connectivity index (χ4v) is 2.65. The maximum Gasteiger partial charge on any atom is 0.145 e. The molecule has 0 aromatic heterocycles. The van der Waals surface area contributed by atoms with Crippen LogP contribution in [0, 0.1) is 5.82 Å². The Morgan fingerprint density at radius 1 is 1.24 bits per heavy atom. The molecular weight excluding hydrogens is 287 g/mol. The Balaban J connectivity index is 2.23. The van der Waals surface area contributed by atoms with Crippen LogP contribution in [0.4, 0.5) is 4.39 Å². The van der Waals surface area contributed by atoms with Crippen LogP contribution in [0.2, 0.25) is 5.02 Å². The highest BCUT2D eigenvalue weighted by molar-refractivity contribution is 6.30. The summed E-state index contributed by atoms with van der Waals surface area (Å²) >= 11 is 5.83. The van der Waals surface area contributed by atoms with E-state index in [1.165, 1.54) is 5.56 Å². The molecule has 4 heteroatoms. The molecule has 1 atom stereocenters. The van der Waals surface area contributed by atoms with E-state index >= 15 is 0 Å². The van der Waals surface area contributed by atoms with Gasteiger partial charge in [-0.15, -0.1) is 0 Å². The van der Waals surface area contributed by atoms with Gasteiger partial charge in [-0.05, 0) is 35.6 Å². The SMILES string of the molecule is CCCc1cccc(C(Cc2cccc(Cl)c2F)NN)c1. The molecule has 1 unspecified atom stereocenters. The Bertz CT molecular complexity index is 601. The fourth-order valence-electron chi connectivity index (χ4n) is 2.45. The molecule has 0 aliphatic rings. The van der Waals surface area contributed by atoms with E-state index in [4.69, 9.17) is 17.4 Å². The third kappa shape index (κ3) is 4.03. The Morgan fingerprint density at radius 3 is 2.71 bits per heavy atom. The number of aryl methyl sites for hydroxylation is 1. The standard InChI is InChI=1S/C17H20ClFN2/c1-2-5-12-6-3-7-13(10-12)16(21-20)11-14-8-4-9-15(18)17(14)19/h3-4,6-10,16,21H,2,5,11,20H2,1H3. The average molecular weight is 307 g/mol. The van der Waals surface area contributed by atoms with Gasteiger partial charge in [-0.25, -0.2) is 4.39 Å². The van der Waals surface area contributed by atoms with Gasteiger partial charge in [0.15, 0.2) is 0 Å². The molecule has 0 bridgehead atoms. The second kappa shape index (κ2) is 7.55. The Hall–Kier alpha value is -1.42. The summed E-state index contributed by atoms with van der Waals surface area (Å²) in [5.74, 6) is 5.29. The van der Waals surface area contributed by atoms with E-state index in [1.54, 1.807) is 18.2 Å². The minimum absolute atomic E-state index is 0.142. The molecule has 2 nitrogen and oxygen atoms in total. The number of nitrogens with one attached hydrogen (secondary N) is 1. The van der Waals surface area contributed by atoms with Crippen molar-refractivity contribution in [3.8, 4) is 0 Å². The molecule has 2 aromatic carbocycles. The molecule has 0 heterocycles. The van der Waals surface area contributed by atoms with Crippen LogP contribution in [0.5, 0.6) is 0 Å². The molecular formula is C17H20ClFN2. The molecule has 112 valence electrons. The highest BCUT2D eigenvalue weighted by atomic mass is 35.5. The number of hydrazine groups is 1. The highest BCUT2D eigenvalue weighted by Gasteiger charge is 2.15. The number of hydrogen-bond donors (Lipinski definition) is 2. The van der Waals surface area contributed by atoms with E-state index in [2.05, 4.69) is 24.5 Å². The second-order valence-corrected chi connectivity index (χ2v) is 5.54. The van der Waals surface area contributed by atoms with Crippen molar-refractivity contribution in [2.24, 2.45) is 5.84 Å². The van der Waals surface area contributed by atoms with Gasteiger partial charge in [0, 0.05) is 0 Å². The van der Waals surface area contributed by atoms with Crippen molar-refractivity contribution < 1.29 is 4.39 Å². The first-order chi connectivity index (χ1) is 10.2. The lowest BCUT2D eigenvalue weighted by Crippen LogP contribution is -2.29. The van der Waals surface area contributed by atoms with Crippen LogP contribution in [0.3, 0.4) is 0 Å². The smallest absolute Gasteiger partial charge is 0.145 e.